The summed E-state index contributed by atoms with van der Waals surface area (Å²) >= 11 is 1.41. The Bertz CT molecular complexity index is 895. The lowest BCUT2D eigenvalue weighted by molar-refractivity contribution is -0.136. The molecule has 8 heteroatoms. The molecule has 1 aromatic carbocycles. The number of anilines is 1. The van der Waals surface area contributed by atoms with Crippen LogP contribution < -0.4 is 4.90 Å². The Morgan fingerprint density at radius 1 is 1.30 bits per heavy atom. The van der Waals surface area contributed by atoms with Crippen LogP contribution in [0.2, 0.25) is 0 Å². The van der Waals surface area contributed by atoms with E-state index in [4.69, 9.17) is 0 Å². The van der Waals surface area contributed by atoms with Crippen LogP contribution in [0, 0.1) is 5.92 Å². The Balaban J connectivity index is 1.46. The second-order valence-electron chi connectivity index (χ2n) is 7.45. The van der Waals surface area contributed by atoms with Crippen LogP contribution in [-0.2, 0) is 22.6 Å². The van der Waals surface area contributed by atoms with E-state index in [1.807, 2.05) is 19.9 Å². The molecular formula is C19H22N4O3S. The van der Waals surface area contributed by atoms with Crippen molar-refractivity contribution >= 4 is 28.3 Å². The van der Waals surface area contributed by atoms with E-state index in [0.29, 0.717) is 24.8 Å². The number of nitrogens with zero attached hydrogens (tertiary/aromatic N) is 4. The highest BCUT2D eigenvalue weighted by molar-refractivity contribution is 7.15. The minimum atomic E-state index is -0.359. The predicted octanol–water partition coefficient (Wildman–Crippen LogP) is 2.30. The number of rotatable bonds is 3. The van der Waals surface area contributed by atoms with Crippen LogP contribution in [0.25, 0.3) is 0 Å². The molecule has 0 spiro atoms. The number of aromatic nitrogens is 2. The zero-order valence-corrected chi connectivity index (χ0v) is 16.2. The summed E-state index contributed by atoms with van der Waals surface area (Å²) in [4.78, 5) is 28.8. The summed E-state index contributed by atoms with van der Waals surface area (Å²) in [6, 6.07) is 5.31. The predicted molar refractivity (Wildman–Crippen MR) is 102 cm³/mol. The number of aromatic hydroxyl groups is 1. The molecule has 0 bridgehead atoms. The third-order valence-electron chi connectivity index (χ3n) is 5.14. The van der Waals surface area contributed by atoms with E-state index < -0.39 is 0 Å². The van der Waals surface area contributed by atoms with Crippen LogP contribution in [0.3, 0.4) is 0 Å². The van der Waals surface area contributed by atoms with E-state index in [9.17, 15) is 14.7 Å². The van der Waals surface area contributed by atoms with Gasteiger partial charge in [-0.1, -0.05) is 31.3 Å². The van der Waals surface area contributed by atoms with Gasteiger partial charge in [0.2, 0.25) is 16.9 Å². The van der Waals surface area contributed by atoms with Crippen LogP contribution in [0.5, 0.6) is 5.75 Å². The normalized spacial score (nSPS) is 19.7. The summed E-state index contributed by atoms with van der Waals surface area (Å²) in [6.07, 6.45) is 0.971. The van der Waals surface area contributed by atoms with Crippen molar-refractivity contribution in [1.82, 2.24) is 15.1 Å². The van der Waals surface area contributed by atoms with Crippen LogP contribution in [0.1, 0.15) is 42.3 Å². The van der Waals surface area contributed by atoms with Gasteiger partial charge in [-0.3, -0.25) is 14.5 Å². The van der Waals surface area contributed by atoms with Crippen molar-refractivity contribution in [2.24, 2.45) is 5.92 Å². The average Bonchev–Trinajstić information content (AvgIpc) is 3.27. The molecule has 0 aliphatic carbocycles. The number of hydrogen-bond acceptors (Lipinski definition) is 6. The van der Waals surface area contributed by atoms with Gasteiger partial charge in [-0.15, -0.1) is 10.2 Å². The van der Waals surface area contributed by atoms with Gasteiger partial charge in [-0.05, 0) is 29.7 Å². The van der Waals surface area contributed by atoms with Crippen molar-refractivity contribution in [1.29, 1.82) is 0 Å². The monoisotopic (exact) mass is 386 g/mol. The second-order valence-corrected chi connectivity index (χ2v) is 8.43. The Hall–Kier alpha value is -2.48. The SMILES string of the molecule is CC(C)c1nnc(N2CC(C(=O)N3CCc4ccc(O)cc4C3)CC2=O)s1. The summed E-state index contributed by atoms with van der Waals surface area (Å²) < 4.78 is 0. The van der Waals surface area contributed by atoms with Crippen molar-refractivity contribution < 1.29 is 14.7 Å². The molecule has 0 radical (unpaired) electrons. The third kappa shape index (κ3) is 3.41. The number of fused-ring (bicyclic) bond motifs is 1. The van der Waals surface area contributed by atoms with E-state index in [2.05, 4.69) is 10.2 Å². The first-order chi connectivity index (χ1) is 12.9. The van der Waals surface area contributed by atoms with Gasteiger partial charge in [0, 0.05) is 32.0 Å². The lowest BCUT2D eigenvalue weighted by atomic mass is 9.97. The topological polar surface area (TPSA) is 86.6 Å². The van der Waals surface area contributed by atoms with Gasteiger partial charge < -0.3 is 10.0 Å². The summed E-state index contributed by atoms with van der Waals surface area (Å²) in [5, 5.41) is 19.4. The Labute approximate surface area is 161 Å². The van der Waals surface area contributed by atoms with Crippen molar-refractivity contribution in [3.05, 3.63) is 34.3 Å². The van der Waals surface area contributed by atoms with Crippen LogP contribution in [0.4, 0.5) is 5.13 Å². The van der Waals surface area contributed by atoms with E-state index in [1.165, 1.54) is 11.3 Å². The first kappa shape index (κ1) is 17.9. The van der Waals surface area contributed by atoms with Gasteiger partial charge in [-0.2, -0.15) is 0 Å². The maximum Gasteiger partial charge on any atom is 0.229 e. The molecule has 1 atom stereocenters. The van der Waals surface area contributed by atoms with Crippen LogP contribution >= 0.6 is 11.3 Å². The van der Waals surface area contributed by atoms with Gasteiger partial charge in [0.25, 0.3) is 0 Å². The average molecular weight is 386 g/mol. The lowest BCUT2D eigenvalue weighted by Crippen LogP contribution is -2.40. The zero-order valence-electron chi connectivity index (χ0n) is 15.4. The molecule has 1 N–H and O–H groups in total. The van der Waals surface area contributed by atoms with Gasteiger partial charge in [-0.25, -0.2) is 0 Å². The maximum absolute atomic E-state index is 13.0. The molecule has 0 saturated carbocycles. The van der Waals surface area contributed by atoms with E-state index in [1.54, 1.807) is 21.9 Å². The molecule has 27 heavy (non-hydrogen) atoms. The number of carbonyl (C=O) groups excluding carboxylic acids is 2. The van der Waals surface area contributed by atoms with E-state index in [-0.39, 0.29) is 35.8 Å². The summed E-state index contributed by atoms with van der Waals surface area (Å²) in [5.74, 6) is 0.0322. The summed E-state index contributed by atoms with van der Waals surface area (Å²) in [6.45, 7) is 5.54. The van der Waals surface area contributed by atoms with Gasteiger partial charge in [0.05, 0.1) is 5.92 Å². The molecule has 1 unspecified atom stereocenters. The third-order valence-corrected chi connectivity index (χ3v) is 6.39. The second kappa shape index (κ2) is 6.92. The Morgan fingerprint density at radius 3 is 2.85 bits per heavy atom. The van der Waals surface area contributed by atoms with Crippen molar-refractivity contribution in [3.63, 3.8) is 0 Å². The molecule has 2 aliphatic heterocycles. The standard InChI is InChI=1S/C19H22N4O3S/c1-11(2)17-20-21-19(27-17)23-10-14(8-16(23)25)18(26)22-6-5-12-3-4-15(24)7-13(12)9-22/h3-4,7,11,14,24H,5-6,8-10H2,1-2H3. The summed E-state index contributed by atoms with van der Waals surface area (Å²) in [5.41, 5.74) is 2.14. The first-order valence-electron chi connectivity index (χ1n) is 9.15. The molecule has 1 aromatic heterocycles. The lowest BCUT2D eigenvalue weighted by Gasteiger charge is -2.30. The van der Waals surface area contributed by atoms with Crippen molar-refractivity contribution in [2.75, 3.05) is 18.0 Å². The fraction of sp³-hybridized carbons (Fsp3) is 0.474. The van der Waals surface area contributed by atoms with E-state index in [0.717, 1.165) is 22.6 Å². The minimum absolute atomic E-state index is 0.00607. The Kier molecular flexibility index (Phi) is 4.59. The van der Waals surface area contributed by atoms with Crippen molar-refractivity contribution in [2.45, 2.75) is 39.2 Å². The first-order valence-corrected chi connectivity index (χ1v) is 9.97. The summed E-state index contributed by atoms with van der Waals surface area (Å²) in [7, 11) is 0. The molecule has 4 rings (SSSR count). The number of benzene rings is 1. The number of carbonyl (C=O) groups is 2. The fourth-order valence-corrected chi connectivity index (χ4v) is 4.49. The molecule has 2 amide bonds. The molecule has 1 fully saturated rings. The highest BCUT2D eigenvalue weighted by Gasteiger charge is 2.39. The quantitative estimate of drug-likeness (QED) is 0.875. The number of amides is 2. The largest absolute Gasteiger partial charge is 0.508 e. The number of phenols is 1. The molecule has 3 heterocycles. The van der Waals surface area contributed by atoms with Crippen molar-refractivity contribution in [3.8, 4) is 5.75 Å². The highest BCUT2D eigenvalue weighted by Crippen LogP contribution is 2.32. The molecule has 1 saturated heterocycles. The minimum Gasteiger partial charge on any atom is -0.508 e. The van der Waals surface area contributed by atoms with E-state index >= 15 is 0 Å². The molecule has 7 nitrogen and oxygen atoms in total. The zero-order chi connectivity index (χ0) is 19.1. The molecular weight excluding hydrogens is 364 g/mol. The fourth-order valence-electron chi connectivity index (χ4n) is 3.62. The maximum atomic E-state index is 13.0. The number of hydrogen-bond donors (Lipinski definition) is 1. The molecule has 142 valence electrons. The van der Waals surface area contributed by atoms with Crippen LogP contribution in [0.15, 0.2) is 18.2 Å². The van der Waals surface area contributed by atoms with Gasteiger partial charge >= 0.3 is 0 Å². The highest BCUT2D eigenvalue weighted by atomic mass is 32.1. The molecule has 2 aliphatic rings. The van der Waals surface area contributed by atoms with Gasteiger partial charge in [0.15, 0.2) is 0 Å². The van der Waals surface area contributed by atoms with Crippen LogP contribution in [-0.4, -0.2) is 45.1 Å². The molecule has 2 aromatic rings. The smallest absolute Gasteiger partial charge is 0.229 e. The number of phenolic OH excluding ortho intramolecular Hbond substituents is 1. The van der Waals surface area contributed by atoms with Gasteiger partial charge in [0.1, 0.15) is 10.8 Å². The Morgan fingerprint density at radius 2 is 2.11 bits per heavy atom.